The first-order valence-corrected chi connectivity index (χ1v) is 10.8. The van der Waals surface area contributed by atoms with Crippen LogP contribution < -0.4 is 10.6 Å². The third kappa shape index (κ3) is 5.03. The van der Waals surface area contributed by atoms with Gasteiger partial charge in [0.2, 0.25) is 5.91 Å². The van der Waals surface area contributed by atoms with Crippen LogP contribution in [-0.4, -0.2) is 46.4 Å². The zero-order chi connectivity index (χ0) is 23.2. The summed E-state index contributed by atoms with van der Waals surface area (Å²) in [6.45, 7) is 5.42. The Morgan fingerprint density at radius 3 is 2.12 bits per heavy atom. The molecule has 0 radical (unpaired) electrons. The van der Waals surface area contributed by atoms with E-state index < -0.39 is 6.03 Å². The van der Waals surface area contributed by atoms with E-state index in [4.69, 9.17) is 18.8 Å². The van der Waals surface area contributed by atoms with Gasteiger partial charge in [0.15, 0.2) is 11.5 Å². The highest BCUT2D eigenvalue weighted by Crippen LogP contribution is 2.32. The summed E-state index contributed by atoms with van der Waals surface area (Å²) in [6, 6.07) is 12.0. The SMILES string of the molecule is CCN(CC)C(=O)CCNC(=O)Nc1ccc2nc(-c3ccco3)c(-c3ccco3)nc2c1. The molecule has 0 aliphatic rings. The molecule has 170 valence electrons. The van der Waals surface area contributed by atoms with E-state index in [1.54, 1.807) is 53.8 Å². The number of benzene rings is 1. The van der Waals surface area contributed by atoms with Crippen molar-refractivity contribution in [2.24, 2.45) is 0 Å². The molecule has 4 rings (SSSR count). The van der Waals surface area contributed by atoms with E-state index in [9.17, 15) is 9.59 Å². The normalized spacial score (nSPS) is 10.8. The molecule has 2 N–H and O–H groups in total. The molecule has 33 heavy (non-hydrogen) atoms. The Hall–Kier alpha value is -4.14. The molecule has 3 aromatic heterocycles. The average molecular weight is 447 g/mol. The van der Waals surface area contributed by atoms with E-state index >= 15 is 0 Å². The molecule has 0 spiro atoms. The van der Waals surface area contributed by atoms with Crippen molar-refractivity contribution in [1.29, 1.82) is 0 Å². The third-order valence-corrected chi connectivity index (χ3v) is 5.17. The van der Waals surface area contributed by atoms with Gasteiger partial charge in [0.25, 0.3) is 0 Å². The van der Waals surface area contributed by atoms with Crippen LogP contribution in [0.25, 0.3) is 33.9 Å². The fraction of sp³-hybridized carbons (Fsp3) is 0.250. The highest BCUT2D eigenvalue weighted by atomic mass is 16.3. The monoisotopic (exact) mass is 447 g/mol. The molecule has 0 fully saturated rings. The molecule has 0 aliphatic heterocycles. The highest BCUT2D eigenvalue weighted by Gasteiger charge is 2.17. The van der Waals surface area contributed by atoms with Crippen LogP contribution in [0.2, 0.25) is 0 Å². The fourth-order valence-corrected chi connectivity index (χ4v) is 3.49. The van der Waals surface area contributed by atoms with Crippen LogP contribution in [0.3, 0.4) is 0 Å². The number of nitrogens with one attached hydrogen (secondary N) is 2. The molecule has 0 atom stereocenters. The van der Waals surface area contributed by atoms with Crippen molar-refractivity contribution < 1.29 is 18.4 Å². The van der Waals surface area contributed by atoms with Gasteiger partial charge in [-0.2, -0.15) is 0 Å². The second-order valence-electron chi connectivity index (χ2n) is 7.28. The van der Waals surface area contributed by atoms with E-state index in [0.29, 0.717) is 52.7 Å². The largest absolute Gasteiger partial charge is 0.463 e. The van der Waals surface area contributed by atoms with Crippen LogP contribution in [0.5, 0.6) is 0 Å². The van der Waals surface area contributed by atoms with E-state index in [1.165, 1.54) is 0 Å². The lowest BCUT2D eigenvalue weighted by Crippen LogP contribution is -2.35. The number of hydrogen-bond donors (Lipinski definition) is 2. The second-order valence-corrected chi connectivity index (χ2v) is 7.28. The molecule has 9 nitrogen and oxygen atoms in total. The molecule has 0 saturated heterocycles. The molecule has 4 aromatic rings. The summed E-state index contributed by atoms with van der Waals surface area (Å²) >= 11 is 0. The van der Waals surface area contributed by atoms with Gasteiger partial charge in [0.1, 0.15) is 11.4 Å². The quantitative estimate of drug-likeness (QED) is 0.410. The van der Waals surface area contributed by atoms with Crippen LogP contribution in [0.1, 0.15) is 20.3 Å². The van der Waals surface area contributed by atoms with Gasteiger partial charge in [0, 0.05) is 31.7 Å². The van der Waals surface area contributed by atoms with Gasteiger partial charge in [-0.25, -0.2) is 14.8 Å². The Balaban J connectivity index is 1.50. The van der Waals surface area contributed by atoms with E-state index in [-0.39, 0.29) is 18.9 Å². The number of nitrogens with zero attached hydrogens (tertiary/aromatic N) is 3. The zero-order valence-electron chi connectivity index (χ0n) is 18.5. The number of carbonyl (C=O) groups is 2. The minimum absolute atomic E-state index is 0.0131. The first-order chi connectivity index (χ1) is 16.1. The lowest BCUT2D eigenvalue weighted by Gasteiger charge is -2.18. The summed E-state index contributed by atoms with van der Waals surface area (Å²) in [6.07, 6.45) is 3.40. The first-order valence-electron chi connectivity index (χ1n) is 10.8. The third-order valence-electron chi connectivity index (χ3n) is 5.17. The van der Waals surface area contributed by atoms with Crippen LogP contribution in [0.15, 0.2) is 63.8 Å². The number of fused-ring (bicyclic) bond motifs is 1. The topological polar surface area (TPSA) is 114 Å². The first kappa shape index (κ1) is 22.1. The minimum atomic E-state index is -0.395. The molecule has 3 amide bonds. The van der Waals surface area contributed by atoms with E-state index in [1.807, 2.05) is 19.9 Å². The van der Waals surface area contributed by atoms with Crippen LogP contribution in [0.4, 0.5) is 10.5 Å². The number of aromatic nitrogens is 2. The van der Waals surface area contributed by atoms with Crippen molar-refractivity contribution in [2.75, 3.05) is 25.0 Å². The number of hydrogen-bond acceptors (Lipinski definition) is 6. The Kier molecular flexibility index (Phi) is 6.68. The van der Waals surface area contributed by atoms with Gasteiger partial charge in [-0.3, -0.25) is 4.79 Å². The molecule has 9 heteroatoms. The van der Waals surface area contributed by atoms with E-state index in [2.05, 4.69) is 10.6 Å². The number of urea groups is 1. The molecule has 0 aliphatic carbocycles. The molecule has 3 heterocycles. The predicted molar refractivity (Wildman–Crippen MR) is 125 cm³/mol. The molecule has 1 aromatic carbocycles. The smallest absolute Gasteiger partial charge is 0.319 e. The number of amides is 3. The second kappa shape index (κ2) is 9.99. The summed E-state index contributed by atoms with van der Waals surface area (Å²) in [5.74, 6) is 1.15. The van der Waals surface area contributed by atoms with Crippen LogP contribution >= 0.6 is 0 Å². The number of carbonyl (C=O) groups excluding carboxylic acids is 2. The Morgan fingerprint density at radius 2 is 1.55 bits per heavy atom. The Morgan fingerprint density at radius 1 is 0.909 bits per heavy atom. The summed E-state index contributed by atoms with van der Waals surface area (Å²) in [7, 11) is 0. The molecule has 0 unspecified atom stereocenters. The Labute approximate surface area is 190 Å². The summed E-state index contributed by atoms with van der Waals surface area (Å²) in [4.78, 5) is 35.5. The molecule has 0 saturated carbocycles. The fourth-order valence-electron chi connectivity index (χ4n) is 3.49. The van der Waals surface area contributed by atoms with Crippen molar-refractivity contribution in [3.05, 3.63) is 55.0 Å². The minimum Gasteiger partial charge on any atom is -0.463 e. The maximum Gasteiger partial charge on any atom is 0.319 e. The van der Waals surface area contributed by atoms with Gasteiger partial charge >= 0.3 is 6.03 Å². The van der Waals surface area contributed by atoms with Crippen molar-refractivity contribution in [3.63, 3.8) is 0 Å². The Bertz CT molecular complexity index is 1230. The van der Waals surface area contributed by atoms with E-state index in [0.717, 1.165) is 0 Å². The standard InChI is InChI=1S/C24H25N5O4/c1-3-29(4-2)21(30)11-12-25-24(31)26-16-9-10-17-18(15-16)28-23(20-8-6-14-33-20)22(27-17)19-7-5-13-32-19/h5-10,13-15H,3-4,11-12H2,1-2H3,(H2,25,26,31). The van der Waals surface area contributed by atoms with Gasteiger partial charge in [-0.15, -0.1) is 0 Å². The molecular formula is C24H25N5O4. The zero-order valence-corrected chi connectivity index (χ0v) is 18.5. The summed E-state index contributed by atoms with van der Waals surface area (Å²) in [5, 5.41) is 5.49. The number of rotatable bonds is 8. The molecular weight excluding hydrogens is 422 g/mol. The van der Waals surface area contributed by atoms with Crippen LogP contribution in [0, 0.1) is 0 Å². The number of furan rings is 2. The van der Waals surface area contributed by atoms with Gasteiger partial charge < -0.3 is 24.4 Å². The average Bonchev–Trinajstić information content (AvgIpc) is 3.53. The van der Waals surface area contributed by atoms with Gasteiger partial charge in [-0.05, 0) is 56.3 Å². The van der Waals surface area contributed by atoms with Crippen molar-refractivity contribution in [2.45, 2.75) is 20.3 Å². The lowest BCUT2D eigenvalue weighted by atomic mass is 10.1. The molecule has 0 bridgehead atoms. The van der Waals surface area contributed by atoms with Gasteiger partial charge in [-0.1, -0.05) is 0 Å². The van der Waals surface area contributed by atoms with Crippen molar-refractivity contribution in [1.82, 2.24) is 20.2 Å². The van der Waals surface area contributed by atoms with Crippen molar-refractivity contribution in [3.8, 4) is 22.9 Å². The maximum absolute atomic E-state index is 12.3. The summed E-state index contributed by atoms with van der Waals surface area (Å²) in [5.41, 5.74) is 2.90. The van der Waals surface area contributed by atoms with Crippen molar-refractivity contribution >= 4 is 28.7 Å². The maximum atomic E-state index is 12.3. The highest BCUT2D eigenvalue weighted by molar-refractivity contribution is 5.93. The number of anilines is 1. The van der Waals surface area contributed by atoms with Crippen LogP contribution in [-0.2, 0) is 4.79 Å². The lowest BCUT2D eigenvalue weighted by molar-refractivity contribution is -0.130. The summed E-state index contributed by atoms with van der Waals surface area (Å²) < 4.78 is 11.1. The van der Waals surface area contributed by atoms with Gasteiger partial charge in [0.05, 0.1) is 23.6 Å². The predicted octanol–water partition coefficient (Wildman–Crippen LogP) is 4.53.